The number of rotatable bonds is 0. The van der Waals surface area contributed by atoms with Gasteiger partial charge in [-0.05, 0) is 0 Å². The Hall–Kier alpha value is 1.45. The Labute approximate surface area is 206 Å². The molecule has 0 N–H and O–H groups in total. The molecule has 0 aliphatic carbocycles. The van der Waals surface area contributed by atoms with Crippen LogP contribution in [0.5, 0.6) is 0 Å². The van der Waals surface area contributed by atoms with Crippen LogP contribution in [0.2, 0.25) is 0 Å². The van der Waals surface area contributed by atoms with Crippen molar-refractivity contribution in [2.75, 3.05) is 0 Å². The van der Waals surface area contributed by atoms with Gasteiger partial charge in [0.15, 0.2) is 0 Å². The molecular weight excluding hydrogens is 646 g/mol. The van der Waals surface area contributed by atoms with Crippen LogP contribution in [0.25, 0.3) is 0 Å². The van der Waals surface area contributed by atoms with Crippen molar-refractivity contribution < 1.29 is 122 Å². The molecule has 0 aromatic rings. The smallest absolute Gasteiger partial charge is 0.759 e. The molecule has 0 saturated carbocycles. The first-order valence-corrected chi connectivity index (χ1v) is 10.0. The van der Waals surface area contributed by atoms with Gasteiger partial charge in [0.2, 0.25) is 0 Å². The van der Waals surface area contributed by atoms with Crippen LogP contribution in [0.3, 0.4) is 0 Å². The van der Waals surface area contributed by atoms with E-state index < -0.39 is 52.0 Å². The van der Waals surface area contributed by atoms with Crippen LogP contribution >= 0.6 is 0 Å². The molecule has 0 spiro atoms. The van der Waals surface area contributed by atoms with Gasteiger partial charge in [-0.2, -0.15) is 0 Å². The van der Waals surface area contributed by atoms with Crippen molar-refractivity contribution in [2.24, 2.45) is 0 Å². The van der Waals surface area contributed by atoms with Gasteiger partial charge in [-0.3, -0.25) is 42.1 Å². The zero-order valence-corrected chi connectivity index (χ0v) is 20.7. The van der Waals surface area contributed by atoms with E-state index in [4.69, 9.17) is 87.6 Å². The van der Waals surface area contributed by atoms with E-state index in [1.165, 1.54) is 0 Å². The molecule has 0 radical (unpaired) electrons. The van der Waals surface area contributed by atoms with Gasteiger partial charge in [-0.15, -0.1) is 0 Å². The van der Waals surface area contributed by atoms with E-state index in [0.717, 1.165) is 0 Å². The monoisotopic (exact) mass is 646 g/mol. The minimum Gasteiger partial charge on any atom is -0.759 e. The first-order valence-electron chi connectivity index (χ1n) is 3.33. The van der Waals surface area contributed by atoms with Crippen molar-refractivity contribution in [3.8, 4) is 0 Å². The van der Waals surface area contributed by atoms with Crippen molar-refractivity contribution >= 4 is 86.7 Å². The molecule has 0 aliphatic rings. The molecule has 0 unspecified atom stereocenters. The van der Waals surface area contributed by atoms with E-state index in [2.05, 4.69) is 0 Å². The molecule has 20 nitrogen and oxygen atoms in total. The molecule has 0 heterocycles. The van der Waals surface area contributed by atoms with Crippen LogP contribution in [-0.4, -0.2) is 122 Å². The first-order chi connectivity index (χ1) is 10.0. The Morgan fingerprint density at radius 1 is 0.276 bits per heavy atom. The van der Waals surface area contributed by atoms with Crippen molar-refractivity contribution in [2.45, 2.75) is 0 Å². The maximum atomic E-state index is 8.52. The average Bonchev–Trinajstić information content (AvgIpc) is 1.79. The topological polar surface area (TPSA) is 401 Å². The van der Waals surface area contributed by atoms with Crippen molar-refractivity contribution in [1.82, 2.24) is 0 Å². The third-order valence-corrected chi connectivity index (χ3v) is 0. The fraction of sp³-hybridized carbons (Fsp3) is 0. The number of hydrogen-bond donors (Lipinski definition) is 0. The second-order valence-corrected chi connectivity index (χ2v) is 6.12. The second kappa shape index (κ2) is 24.1. The average molecular weight is 646 g/mol. The summed E-state index contributed by atoms with van der Waals surface area (Å²) in [6.07, 6.45) is 0. The van der Waals surface area contributed by atoms with Crippen LogP contribution < -0.4 is 0 Å². The van der Waals surface area contributed by atoms with Crippen molar-refractivity contribution in [3.05, 3.63) is 0 Å². The van der Waals surface area contributed by atoms with Crippen molar-refractivity contribution in [3.63, 3.8) is 0 Å². The summed E-state index contributed by atoms with van der Waals surface area (Å²) in [7, 11) is -25.8. The quantitative estimate of drug-likeness (QED) is 0.134. The van der Waals surface area contributed by atoms with Gasteiger partial charge in [0.1, 0.15) is 0 Å². The molecule has 0 aromatic heterocycles. The molecule has 0 fully saturated rings. The van der Waals surface area contributed by atoms with E-state index >= 15 is 0 Å². The fourth-order valence-corrected chi connectivity index (χ4v) is 0. The van der Waals surface area contributed by atoms with Crippen LogP contribution in [-0.2, 0) is 86.1 Å². The van der Waals surface area contributed by atoms with Crippen LogP contribution in [0, 0.1) is 0 Å². The van der Waals surface area contributed by atoms with Gasteiger partial charge in [-0.25, -0.2) is 0 Å². The van der Waals surface area contributed by atoms with Crippen LogP contribution in [0.4, 0.5) is 0 Å². The van der Waals surface area contributed by atoms with E-state index in [-0.39, 0.29) is 68.9 Å². The van der Waals surface area contributed by atoms with Gasteiger partial charge in [0.25, 0.3) is 0 Å². The summed E-state index contributed by atoms with van der Waals surface area (Å²) in [6.45, 7) is 0. The molecule has 0 aliphatic heterocycles. The maximum absolute atomic E-state index is 8.52. The molecule has 29 heteroatoms. The summed E-state index contributed by atoms with van der Waals surface area (Å²) in [5.74, 6) is 0. The van der Waals surface area contributed by atoms with E-state index in [1.807, 2.05) is 0 Å². The summed E-state index contributed by atoms with van der Waals surface area (Å²) in [4.78, 5) is 0. The predicted molar refractivity (Wildman–Crippen MR) is 63.9 cm³/mol. The van der Waals surface area contributed by atoms with E-state index in [9.17, 15) is 0 Å². The Morgan fingerprint density at radius 3 is 0.276 bits per heavy atom. The minimum absolute atomic E-state index is 0. The summed E-state index contributed by atoms with van der Waals surface area (Å²) < 4.78 is 170. The van der Waals surface area contributed by atoms with Gasteiger partial charge >= 0.3 is 68.9 Å². The summed E-state index contributed by atoms with van der Waals surface area (Å²) >= 11 is 0. The molecule has 0 atom stereocenters. The standard InChI is InChI=1S/2Al.2Fe.5H2O4S/c;;;;5*1-5(2,3)4/h;;;;5*(H2,1,2,3,4)/q2*+3;2*+2;;;;;/p-10. The van der Waals surface area contributed by atoms with Gasteiger partial charge in [0, 0.05) is 52.0 Å². The SMILES string of the molecule is O=S(=O)([O-])[O-].O=S(=O)([O-])[O-].O=S(=O)([O-])[O-].O=S(=O)([O-])[O-].O=S(=O)([O-])[O-].[Al+3].[Al+3].[Fe+2].[Fe+2]. The van der Waals surface area contributed by atoms with E-state index in [1.54, 1.807) is 0 Å². The molecule has 29 heavy (non-hydrogen) atoms. The molecule has 0 saturated heterocycles. The third kappa shape index (κ3) is 10500. The second-order valence-electron chi connectivity index (χ2n) is 2.04. The Balaban J connectivity index is -0.0000000238. The summed E-state index contributed by atoms with van der Waals surface area (Å²) in [6, 6.07) is 0. The maximum Gasteiger partial charge on any atom is 3.00 e. The zero-order chi connectivity index (χ0) is 22.5. The molecular formula is Al2Fe2O20S5. The van der Waals surface area contributed by atoms with Gasteiger partial charge < -0.3 is 45.5 Å². The first kappa shape index (κ1) is 57.4. The molecule has 0 bridgehead atoms. The third-order valence-electron chi connectivity index (χ3n) is 0. The van der Waals surface area contributed by atoms with E-state index in [0.29, 0.717) is 0 Å². The normalized spacial score (nSPS) is 10.0. The van der Waals surface area contributed by atoms with Crippen LogP contribution in [0.1, 0.15) is 0 Å². The molecule has 0 rings (SSSR count). The largest absolute Gasteiger partial charge is 3.00 e. The Kier molecular flexibility index (Phi) is 47.7. The fourth-order valence-electron chi connectivity index (χ4n) is 0. The van der Waals surface area contributed by atoms with Crippen LogP contribution in [0.15, 0.2) is 0 Å². The Morgan fingerprint density at radius 2 is 0.276 bits per heavy atom. The summed E-state index contributed by atoms with van der Waals surface area (Å²) in [5.41, 5.74) is 0. The molecule has 0 amide bonds. The minimum atomic E-state index is -5.17. The summed E-state index contributed by atoms with van der Waals surface area (Å²) in [5, 5.41) is 0. The molecule has 0 aromatic carbocycles. The number of hydrogen-bond acceptors (Lipinski definition) is 20. The predicted octanol–water partition coefficient (Wildman–Crippen LogP) is -7.46. The van der Waals surface area contributed by atoms with Gasteiger partial charge in [0.05, 0.1) is 0 Å². The van der Waals surface area contributed by atoms with Gasteiger partial charge in [-0.1, -0.05) is 0 Å². The molecule has 172 valence electrons. The van der Waals surface area contributed by atoms with Crippen molar-refractivity contribution in [1.29, 1.82) is 0 Å². The zero-order valence-electron chi connectivity index (χ0n) is 12.1. The Bertz CT molecular complexity index is 629.